The number of phenolic OH excluding ortho intramolecular Hbond substituents is 1. The first-order valence-corrected chi connectivity index (χ1v) is 11.2. The Balaban J connectivity index is 2.17. The number of carbonyl (C=O) groups is 1. The number of phenols is 1. The fourth-order valence-electron chi connectivity index (χ4n) is 2.51. The van der Waals surface area contributed by atoms with Crippen molar-refractivity contribution in [1.29, 1.82) is 0 Å². The monoisotopic (exact) mass is 445 g/mol. The van der Waals surface area contributed by atoms with E-state index in [-0.39, 0.29) is 29.6 Å². The molecule has 0 fully saturated rings. The summed E-state index contributed by atoms with van der Waals surface area (Å²) in [5, 5.41) is 34.0. The van der Waals surface area contributed by atoms with Gasteiger partial charge in [0.15, 0.2) is 5.13 Å². The van der Waals surface area contributed by atoms with Crippen LogP contribution in [0.1, 0.15) is 16.1 Å². The number of amides is 1. The number of hydrogen-bond donors (Lipinski definition) is 5. The lowest BCUT2D eigenvalue weighted by atomic mass is 9.97. The number of ether oxygens (including phenoxy) is 1. The number of carbonyl (C=O) groups excluding carboxylic acids is 1. The predicted molar refractivity (Wildman–Crippen MR) is 108 cm³/mol. The third kappa shape index (κ3) is 7.25. The van der Waals surface area contributed by atoms with Crippen LogP contribution in [-0.2, 0) is 21.2 Å². The van der Waals surface area contributed by atoms with Gasteiger partial charge in [-0.1, -0.05) is 12.1 Å². The number of benzene rings is 1. The van der Waals surface area contributed by atoms with Gasteiger partial charge in [0.25, 0.3) is 5.91 Å². The van der Waals surface area contributed by atoms with E-state index in [2.05, 4.69) is 15.0 Å². The van der Waals surface area contributed by atoms with Crippen molar-refractivity contribution in [3.63, 3.8) is 0 Å². The number of sulfonamides is 1. The lowest BCUT2D eigenvalue weighted by Gasteiger charge is -2.27. The first kappa shape index (κ1) is 23.0. The van der Waals surface area contributed by atoms with E-state index >= 15 is 0 Å². The topological polar surface area (TPSA) is 158 Å². The van der Waals surface area contributed by atoms with Crippen molar-refractivity contribution < 1.29 is 33.3 Å². The highest BCUT2D eigenvalue weighted by Crippen LogP contribution is 2.18. The predicted octanol–water partition coefficient (Wildman–Crippen LogP) is -0.0705. The number of rotatable bonds is 10. The molecule has 0 saturated carbocycles. The number of nitrogens with zero attached hydrogens (tertiary/aromatic N) is 1. The maximum absolute atomic E-state index is 12.6. The second-order valence-corrected chi connectivity index (χ2v) is 8.98. The lowest BCUT2D eigenvalue weighted by molar-refractivity contribution is -0.0407. The van der Waals surface area contributed by atoms with Crippen molar-refractivity contribution in [2.75, 3.05) is 24.7 Å². The molecule has 160 valence electrons. The SMILES string of the molecule is COCC(O)C(O)C(Cc1ccc(O)cc1)NC(=O)c1csc(NS(C)(=O)=O)n1. The smallest absolute Gasteiger partial charge is 0.271 e. The molecule has 10 nitrogen and oxygen atoms in total. The minimum Gasteiger partial charge on any atom is -0.508 e. The average molecular weight is 446 g/mol. The number of aromatic nitrogens is 1. The standard InChI is InChI=1S/C17H23N3O7S2/c1-27-8-14(22)15(23)12(7-10-3-5-11(21)6-4-10)18-16(24)13-9-28-17(19-13)20-29(2,25)26/h3-6,9,12,14-15,21-23H,7-8H2,1-2H3,(H,18,24)(H,19,20). The van der Waals surface area contributed by atoms with E-state index in [0.29, 0.717) is 5.56 Å². The Kier molecular flexibility index (Phi) is 7.93. The molecule has 12 heteroatoms. The fraction of sp³-hybridized carbons (Fsp3) is 0.412. The van der Waals surface area contributed by atoms with Crippen LogP contribution in [0.3, 0.4) is 0 Å². The number of thiazole rings is 1. The molecule has 0 spiro atoms. The van der Waals surface area contributed by atoms with E-state index in [9.17, 15) is 28.5 Å². The van der Waals surface area contributed by atoms with Gasteiger partial charge < -0.3 is 25.4 Å². The van der Waals surface area contributed by atoms with E-state index in [4.69, 9.17) is 4.74 Å². The van der Waals surface area contributed by atoms with Gasteiger partial charge in [-0.2, -0.15) is 0 Å². The molecule has 1 amide bonds. The molecule has 0 radical (unpaired) electrons. The lowest BCUT2D eigenvalue weighted by Crippen LogP contribution is -2.51. The largest absolute Gasteiger partial charge is 0.508 e. The van der Waals surface area contributed by atoms with E-state index < -0.39 is 34.2 Å². The summed E-state index contributed by atoms with van der Waals surface area (Å²) in [6.45, 7) is -0.137. The summed E-state index contributed by atoms with van der Waals surface area (Å²) >= 11 is 0.938. The summed E-state index contributed by atoms with van der Waals surface area (Å²) in [7, 11) is -2.16. The Bertz CT molecular complexity index is 915. The van der Waals surface area contributed by atoms with Crippen molar-refractivity contribution in [3.8, 4) is 5.75 Å². The molecule has 0 aliphatic heterocycles. The molecule has 0 saturated heterocycles. The highest BCUT2D eigenvalue weighted by Gasteiger charge is 2.29. The van der Waals surface area contributed by atoms with Crippen LogP contribution in [0.5, 0.6) is 5.75 Å². The minimum absolute atomic E-state index is 0.0349. The van der Waals surface area contributed by atoms with Crippen molar-refractivity contribution >= 4 is 32.4 Å². The van der Waals surface area contributed by atoms with Gasteiger partial charge in [0.1, 0.15) is 23.7 Å². The molecule has 0 bridgehead atoms. The number of hydrogen-bond acceptors (Lipinski definition) is 9. The van der Waals surface area contributed by atoms with Gasteiger partial charge in [-0.05, 0) is 24.1 Å². The number of nitrogens with one attached hydrogen (secondary N) is 2. The van der Waals surface area contributed by atoms with Crippen LogP contribution in [0.25, 0.3) is 0 Å². The fourth-order valence-corrected chi connectivity index (χ4v) is 4.05. The molecule has 1 heterocycles. The van der Waals surface area contributed by atoms with E-state index in [0.717, 1.165) is 17.6 Å². The van der Waals surface area contributed by atoms with Crippen molar-refractivity contribution in [2.24, 2.45) is 0 Å². The highest BCUT2D eigenvalue weighted by atomic mass is 32.2. The minimum atomic E-state index is -3.53. The summed E-state index contributed by atoms with van der Waals surface area (Å²) in [6.07, 6.45) is -1.47. The molecule has 0 aliphatic rings. The van der Waals surface area contributed by atoms with Crippen LogP contribution in [-0.4, -0.2) is 72.9 Å². The van der Waals surface area contributed by atoms with E-state index in [1.165, 1.54) is 24.6 Å². The number of aromatic hydroxyl groups is 1. The summed E-state index contributed by atoms with van der Waals surface area (Å²) < 4.78 is 29.6. The molecule has 5 N–H and O–H groups in total. The first-order valence-electron chi connectivity index (χ1n) is 8.46. The van der Waals surface area contributed by atoms with Gasteiger partial charge >= 0.3 is 0 Å². The van der Waals surface area contributed by atoms with Crippen molar-refractivity contribution in [2.45, 2.75) is 24.7 Å². The molecule has 3 unspecified atom stereocenters. The van der Waals surface area contributed by atoms with Crippen molar-refractivity contribution in [3.05, 3.63) is 40.9 Å². The molecular formula is C17H23N3O7S2. The summed E-state index contributed by atoms with van der Waals surface area (Å²) in [5.41, 5.74) is 0.666. The Morgan fingerprint density at radius 3 is 2.52 bits per heavy atom. The number of aliphatic hydroxyl groups excluding tert-OH is 2. The second-order valence-electron chi connectivity index (χ2n) is 6.38. The Labute approximate surface area is 172 Å². The van der Waals surface area contributed by atoms with Gasteiger partial charge in [0.05, 0.1) is 18.9 Å². The highest BCUT2D eigenvalue weighted by molar-refractivity contribution is 7.92. The molecule has 3 atom stereocenters. The summed E-state index contributed by atoms with van der Waals surface area (Å²) in [6, 6.07) is 5.29. The molecule has 2 rings (SSSR count). The first-order chi connectivity index (χ1) is 13.6. The van der Waals surface area contributed by atoms with Crippen LogP contribution in [0.2, 0.25) is 0 Å². The van der Waals surface area contributed by atoms with Crippen LogP contribution in [0.4, 0.5) is 5.13 Å². The normalized spacial score (nSPS) is 14.8. The molecule has 1 aromatic heterocycles. The molecule has 1 aromatic carbocycles. The maximum Gasteiger partial charge on any atom is 0.271 e. The third-order valence-corrected chi connectivity index (χ3v) is 5.31. The van der Waals surface area contributed by atoms with Crippen molar-refractivity contribution in [1.82, 2.24) is 10.3 Å². The van der Waals surface area contributed by atoms with E-state index in [1.807, 2.05) is 0 Å². The maximum atomic E-state index is 12.6. The van der Waals surface area contributed by atoms with Gasteiger partial charge in [-0.25, -0.2) is 13.4 Å². The Hall–Kier alpha value is -2.25. The molecule has 0 aliphatic carbocycles. The number of methoxy groups -OCH3 is 1. The summed E-state index contributed by atoms with van der Waals surface area (Å²) in [4.78, 5) is 16.5. The van der Waals surface area contributed by atoms with Crippen LogP contribution in [0.15, 0.2) is 29.6 Å². The van der Waals surface area contributed by atoms with E-state index in [1.54, 1.807) is 12.1 Å². The Morgan fingerprint density at radius 2 is 1.93 bits per heavy atom. The second kappa shape index (κ2) is 9.98. The molecule has 29 heavy (non-hydrogen) atoms. The van der Waals surface area contributed by atoms with Crippen LogP contribution < -0.4 is 10.0 Å². The molecule has 2 aromatic rings. The summed E-state index contributed by atoms with van der Waals surface area (Å²) in [5.74, 6) is -0.571. The van der Waals surface area contributed by atoms with Gasteiger partial charge in [0.2, 0.25) is 10.0 Å². The number of aliphatic hydroxyl groups is 2. The number of anilines is 1. The third-order valence-electron chi connectivity index (χ3n) is 3.86. The van der Waals surface area contributed by atoms with Crippen LogP contribution in [0, 0.1) is 0 Å². The van der Waals surface area contributed by atoms with Gasteiger partial charge in [-0.15, -0.1) is 11.3 Å². The zero-order valence-electron chi connectivity index (χ0n) is 15.8. The average Bonchev–Trinajstić information content (AvgIpc) is 3.09. The molecular weight excluding hydrogens is 422 g/mol. The van der Waals surface area contributed by atoms with Gasteiger partial charge in [-0.3, -0.25) is 9.52 Å². The Morgan fingerprint density at radius 1 is 1.28 bits per heavy atom. The quantitative estimate of drug-likeness (QED) is 0.340. The zero-order chi connectivity index (χ0) is 21.6. The van der Waals surface area contributed by atoms with Crippen LogP contribution >= 0.6 is 11.3 Å². The zero-order valence-corrected chi connectivity index (χ0v) is 17.4. The van der Waals surface area contributed by atoms with Gasteiger partial charge in [0, 0.05) is 12.5 Å².